The van der Waals surface area contributed by atoms with E-state index >= 15 is 0 Å². The van der Waals surface area contributed by atoms with Crippen molar-refractivity contribution in [1.29, 1.82) is 0 Å². The van der Waals surface area contributed by atoms with Crippen molar-refractivity contribution >= 4 is 22.9 Å². The van der Waals surface area contributed by atoms with Gasteiger partial charge >= 0.3 is 0 Å². The summed E-state index contributed by atoms with van der Waals surface area (Å²) in [4.78, 5) is 23.6. The van der Waals surface area contributed by atoms with E-state index in [2.05, 4.69) is 30.9 Å². The van der Waals surface area contributed by atoms with Gasteiger partial charge in [-0.15, -0.1) is 0 Å². The van der Waals surface area contributed by atoms with Gasteiger partial charge < -0.3 is 20.9 Å². The Morgan fingerprint density at radius 3 is 3.05 bits per heavy atom. The van der Waals surface area contributed by atoms with Gasteiger partial charge in [-0.2, -0.15) is 0 Å². The maximum atomic E-state index is 11.7. The Bertz CT molecular complexity index is 607. The van der Waals surface area contributed by atoms with Crippen LogP contribution in [0.4, 0.5) is 5.82 Å². The molecule has 0 bridgehead atoms. The molecule has 1 aliphatic rings. The average molecular weight is 260 g/mol. The summed E-state index contributed by atoms with van der Waals surface area (Å²) in [5.74, 6) is 1.57. The van der Waals surface area contributed by atoms with E-state index in [1.54, 1.807) is 0 Å². The van der Waals surface area contributed by atoms with Crippen LogP contribution in [0.1, 0.15) is 5.82 Å². The van der Waals surface area contributed by atoms with Gasteiger partial charge in [-0.25, -0.2) is 9.97 Å². The van der Waals surface area contributed by atoms with E-state index in [0.29, 0.717) is 18.6 Å². The summed E-state index contributed by atoms with van der Waals surface area (Å²) in [7, 11) is 1.82. The Labute approximate surface area is 110 Å². The standard InChI is InChI=1S/C12H16N6O/c1-13-9-3-2-7-11(17-9)18-10(16-7)6-8-12(19)15-5-4-14-8/h2-3,8,14H,4-6H2,1H3,(H,15,19)(H2,13,16,17,18). The van der Waals surface area contributed by atoms with Gasteiger partial charge in [-0.1, -0.05) is 0 Å². The Hall–Kier alpha value is -2.15. The Kier molecular flexibility index (Phi) is 3.04. The van der Waals surface area contributed by atoms with Crippen LogP contribution < -0.4 is 16.0 Å². The summed E-state index contributed by atoms with van der Waals surface area (Å²) in [6, 6.07) is 3.59. The second-order valence-electron chi connectivity index (χ2n) is 4.50. The third-order valence-electron chi connectivity index (χ3n) is 3.18. The number of pyridine rings is 1. The molecule has 0 spiro atoms. The van der Waals surface area contributed by atoms with Crippen LogP contribution in [0, 0.1) is 0 Å². The number of nitrogens with one attached hydrogen (secondary N) is 4. The summed E-state index contributed by atoms with van der Waals surface area (Å²) in [6.45, 7) is 1.47. The molecule has 3 rings (SSSR count). The van der Waals surface area contributed by atoms with Gasteiger partial charge in [0.2, 0.25) is 5.91 Å². The molecular weight excluding hydrogens is 244 g/mol. The van der Waals surface area contributed by atoms with Crippen molar-refractivity contribution in [3.63, 3.8) is 0 Å². The SMILES string of the molecule is CNc1ccc2[nH]c(CC3NCCNC3=O)nc2n1. The number of imidazole rings is 1. The number of nitrogens with zero attached hydrogens (tertiary/aromatic N) is 2. The van der Waals surface area contributed by atoms with Crippen LogP contribution >= 0.6 is 0 Å². The van der Waals surface area contributed by atoms with Gasteiger partial charge in [-0.05, 0) is 12.1 Å². The van der Waals surface area contributed by atoms with Gasteiger partial charge in [-0.3, -0.25) is 4.79 Å². The molecule has 19 heavy (non-hydrogen) atoms. The molecule has 0 saturated carbocycles. The maximum Gasteiger partial charge on any atom is 0.237 e. The first-order chi connectivity index (χ1) is 9.26. The van der Waals surface area contributed by atoms with Crippen molar-refractivity contribution in [2.24, 2.45) is 0 Å². The number of anilines is 1. The number of aromatic amines is 1. The molecule has 3 heterocycles. The number of H-pyrrole nitrogens is 1. The number of amides is 1. The van der Waals surface area contributed by atoms with Crippen LogP contribution in [0.2, 0.25) is 0 Å². The summed E-state index contributed by atoms with van der Waals surface area (Å²) in [5.41, 5.74) is 1.54. The molecule has 0 radical (unpaired) electrons. The topological polar surface area (TPSA) is 94.7 Å². The summed E-state index contributed by atoms with van der Waals surface area (Å²) < 4.78 is 0. The highest BCUT2D eigenvalue weighted by Gasteiger charge is 2.22. The van der Waals surface area contributed by atoms with Gasteiger partial charge in [0.25, 0.3) is 0 Å². The first-order valence-corrected chi connectivity index (χ1v) is 6.31. The Morgan fingerprint density at radius 2 is 2.26 bits per heavy atom. The lowest BCUT2D eigenvalue weighted by atomic mass is 10.1. The average Bonchev–Trinajstić information content (AvgIpc) is 2.82. The largest absolute Gasteiger partial charge is 0.373 e. The third kappa shape index (κ3) is 2.37. The summed E-state index contributed by atoms with van der Waals surface area (Å²) in [6.07, 6.45) is 0.539. The highest BCUT2D eigenvalue weighted by Crippen LogP contribution is 2.13. The van der Waals surface area contributed by atoms with Crippen LogP contribution in [-0.4, -0.2) is 47.0 Å². The number of piperazine rings is 1. The van der Waals surface area contributed by atoms with Gasteiger partial charge in [0.1, 0.15) is 11.6 Å². The molecule has 7 heteroatoms. The van der Waals surface area contributed by atoms with Crippen molar-refractivity contribution in [3.8, 4) is 0 Å². The van der Waals surface area contributed by atoms with E-state index in [1.807, 2.05) is 19.2 Å². The molecule has 1 amide bonds. The highest BCUT2D eigenvalue weighted by atomic mass is 16.2. The van der Waals surface area contributed by atoms with Crippen molar-refractivity contribution in [2.45, 2.75) is 12.5 Å². The fourth-order valence-electron chi connectivity index (χ4n) is 2.18. The van der Waals surface area contributed by atoms with Crippen LogP contribution in [-0.2, 0) is 11.2 Å². The van der Waals surface area contributed by atoms with Crippen LogP contribution in [0.15, 0.2) is 12.1 Å². The van der Waals surface area contributed by atoms with Gasteiger partial charge in [0, 0.05) is 26.6 Å². The number of hydrogen-bond donors (Lipinski definition) is 4. The third-order valence-corrected chi connectivity index (χ3v) is 3.18. The summed E-state index contributed by atoms with van der Waals surface area (Å²) >= 11 is 0. The Morgan fingerprint density at radius 1 is 1.37 bits per heavy atom. The first kappa shape index (κ1) is 11.9. The number of fused-ring (bicyclic) bond motifs is 1. The molecule has 1 atom stereocenters. The zero-order chi connectivity index (χ0) is 13.2. The molecule has 1 fully saturated rings. The number of hydrogen-bond acceptors (Lipinski definition) is 5. The molecule has 1 saturated heterocycles. The van der Waals surface area contributed by atoms with E-state index in [9.17, 15) is 4.79 Å². The molecule has 7 nitrogen and oxygen atoms in total. The predicted octanol–water partition coefficient (Wildman–Crippen LogP) is -0.370. The van der Waals surface area contributed by atoms with E-state index in [4.69, 9.17) is 0 Å². The number of aromatic nitrogens is 3. The molecule has 1 aliphatic heterocycles. The van der Waals surface area contributed by atoms with E-state index < -0.39 is 0 Å². The first-order valence-electron chi connectivity index (χ1n) is 6.31. The van der Waals surface area contributed by atoms with Gasteiger partial charge in [0.05, 0.1) is 11.6 Å². The number of carbonyl (C=O) groups excluding carboxylic acids is 1. The van der Waals surface area contributed by atoms with E-state index in [1.165, 1.54) is 0 Å². The van der Waals surface area contributed by atoms with E-state index in [0.717, 1.165) is 23.7 Å². The lowest BCUT2D eigenvalue weighted by Gasteiger charge is -2.22. The van der Waals surface area contributed by atoms with Crippen LogP contribution in [0.25, 0.3) is 11.2 Å². The van der Waals surface area contributed by atoms with E-state index in [-0.39, 0.29) is 11.9 Å². The summed E-state index contributed by atoms with van der Waals surface area (Å²) in [5, 5.41) is 8.99. The molecule has 1 unspecified atom stereocenters. The molecule has 0 aliphatic carbocycles. The quantitative estimate of drug-likeness (QED) is 0.604. The molecule has 2 aromatic heterocycles. The second-order valence-corrected chi connectivity index (χ2v) is 4.50. The fraction of sp³-hybridized carbons (Fsp3) is 0.417. The normalized spacial score (nSPS) is 19.4. The minimum atomic E-state index is -0.224. The number of rotatable bonds is 3. The smallest absolute Gasteiger partial charge is 0.237 e. The zero-order valence-corrected chi connectivity index (χ0v) is 10.7. The zero-order valence-electron chi connectivity index (χ0n) is 10.7. The molecule has 2 aromatic rings. The highest BCUT2D eigenvalue weighted by molar-refractivity contribution is 5.82. The molecule has 0 aromatic carbocycles. The Balaban J connectivity index is 1.82. The maximum absolute atomic E-state index is 11.7. The lowest BCUT2D eigenvalue weighted by Crippen LogP contribution is -2.53. The number of carbonyl (C=O) groups is 1. The lowest BCUT2D eigenvalue weighted by molar-refractivity contribution is -0.124. The fourth-order valence-corrected chi connectivity index (χ4v) is 2.18. The molecule has 4 N–H and O–H groups in total. The second kappa shape index (κ2) is 4.85. The molecular formula is C12H16N6O. The predicted molar refractivity (Wildman–Crippen MR) is 71.9 cm³/mol. The minimum Gasteiger partial charge on any atom is -0.373 e. The monoisotopic (exact) mass is 260 g/mol. The van der Waals surface area contributed by atoms with Crippen molar-refractivity contribution in [2.75, 3.05) is 25.5 Å². The van der Waals surface area contributed by atoms with Crippen LogP contribution in [0.3, 0.4) is 0 Å². The van der Waals surface area contributed by atoms with Crippen molar-refractivity contribution < 1.29 is 4.79 Å². The minimum absolute atomic E-state index is 0.0237. The van der Waals surface area contributed by atoms with Crippen molar-refractivity contribution in [1.82, 2.24) is 25.6 Å². The molecule has 100 valence electrons. The van der Waals surface area contributed by atoms with Gasteiger partial charge in [0.15, 0.2) is 5.65 Å². The van der Waals surface area contributed by atoms with Crippen molar-refractivity contribution in [3.05, 3.63) is 18.0 Å². The van der Waals surface area contributed by atoms with Crippen LogP contribution in [0.5, 0.6) is 0 Å².